The molecular formula is C22H25N9O5S. The maximum atomic E-state index is 13.5. The largest absolute Gasteiger partial charge is 0.480 e. The molecule has 0 aliphatic heterocycles. The van der Waals surface area contributed by atoms with E-state index in [0.717, 1.165) is 0 Å². The lowest BCUT2D eigenvalue weighted by molar-refractivity contribution is 0.368. The van der Waals surface area contributed by atoms with Crippen molar-refractivity contribution in [2.45, 2.75) is 25.0 Å². The van der Waals surface area contributed by atoms with Gasteiger partial charge in [-0.1, -0.05) is 6.92 Å². The fraction of sp³-hybridized carbons (Fsp3) is 0.318. The Labute approximate surface area is 213 Å². The van der Waals surface area contributed by atoms with E-state index in [1.165, 1.54) is 44.6 Å². The summed E-state index contributed by atoms with van der Waals surface area (Å²) in [7, 11) is 0.288. The maximum Gasteiger partial charge on any atom is 0.245 e. The Morgan fingerprint density at radius 3 is 2.22 bits per heavy atom. The van der Waals surface area contributed by atoms with E-state index in [1.807, 2.05) is 0 Å². The molecule has 15 heteroatoms. The minimum absolute atomic E-state index is 0.118. The van der Waals surface area contributed by atoms with Gasteiger partial charge in [-0.2, -0.15) is 9.97 Å². The van der Waals surface area contributed by atoms with Crippen LogP contribution in [-0.2, 0) is 10.0 Å². The third-order valence-electron chi connectivity index (χ3n) is 5.70. The molecule has 0 aliphatic rings. The lowest BCUT2D eigenvalue weighted by Gasteiger charge is -2.21. The highest BCUT2D eigenvalue weighted by molar-refractivity contribution is 7.93. The molecule has 4 rings (SSSR count). The Morgan fingerprint density at radius 1 is 0.919 bits per heavy atom. The molecule has 0 saturated carbocycles. The van der Waals surface area contributed by atoms with Crippen molar-refractivity contribution in [3.8, 4) is 34.7 Å². The molecule has 1 N–H and O–H groups in total. The first-order chi connectivity index (χ1) is 17.8. The summed E-state index contributed by atoms with van der Waals surface area (Å²) < 4.78 is 46.9. The predicted octanol–water partition coefficient (Wildman–Crippen LogP) is 1.87. The fourth-order valence-corrected chi connectivity index (χ4v) is 4.73. The van der Waals surface area contributed by atoms with Crippen LogP contribution >= 0.6 is 0 Å². The van der Waals surface area contributed by atoms with E-state index < -0.39 is 21.2 Å². The Hall–Kier alpha value is -4.40. The molecule has 0 aromatic carbocycles. The van der Waals surface area contributed by atoms with Gasteiger partial charge in [-0.3, -0.25) is 19.3 Å². The minimum Gasteiger partial charge on any atom is -0.480 e. The molecule has 0 fully saturated rings. The standard InChI is InChI=1S/C22H25N9O5S/c1-13(16-10-25-17(34-3)11-24-16)14(2)37(32,33)30-22-29-28-19(15-7-6-8-23-9-15)31(22)18-20(35-4)26-12-27-21(18)36-5/h6-14H,1-5H3,(H,29,30)/t13-,14-/m0/s1. The molecule has 37 heavy (non-hydrogen) atoms. The molecule has 194 valence electrons. The van der Waals surface area contributed by atoms with Crippen LogP contribution in [0.1, 0.15) is 25.5 Å². The minimum atomic E-state index is -4.03. The number of hydrogen-bond acceptors (Lipinski definition) is 12. The van der Waals surface area contributed by atoms with Gasteiger partial charge < -0.3 is 14.2 Å². The number of rotatable bonds is 10. The zero-order valence-corrected chi connectivity index (χ0v) is 21.5. The number of hydrogen-bond donors (Lipinski definition) is 1. The number of aromatic nitrogens is 8. The van der Waals surface area contributed by atoms with Crippen LogP contribution in [0.15, 0.2) is 43.2 Å². The number of ether oxygens (including phenoxy) is 3. The van der Waals surface area contributed by atoms with Crippen LogP contribution in [-0.4, -0.2) is 74.7 Å². The number of anilines is 1. The van der Waals surface area contributed by atoms with Crippen LogP contribution in [0.25, 0.3) is 17.1 Å². The summed E-state index contributed by atoms with van der Waals surface area (Å²) in [6.45, 7) is 3.30. The monoisotopic (exact) mass is 527 g/mol. The number of nitrogens with zero attached hydrogens (tertiary/aromatic N) is 8. The summed E-state index contributed by atoms with van der Waals surface area (Å²) in [5.41, 5.74) is 1.25. The van der Waals surface area contributed by atoms with Crippen LogP contribution in [0.2, 0.25) is 0 Å². The van der Waals surface area contributed by atoms with E-state index in [2.05, 4.69) is 39.8 Å². The van der Waals surface area contributed by atoms with Crippen molar-refractivity contribution in [1.29, 1.82) is 0 Å². The van der Waals surface area contributed by atoms with Crippen LogP contribution < -0.4 is 18.9 Å². The van der Waals surface area contributed by atoms with Crippen LogP contribution in [0.5, 0.6) is 17.6 Å². The molecule has 4 heterocycles. The first-order valence-electron chi connectivity index (χ1n) is 11.0. The van der Waals surface area contributed by atoms with Gasteiger partial charge in [-0.05, 0) is 19.1 Å². The molecule has 0 radical (unpaired) electrons. The van der Waals surface area contributed by atoms with Crippen molar-refractivity contribution in [3.05, 3.63) is 48.9 Å². The van der Waals surface area contributed by atoms with Crippen molar-refractivity contribution >= 4 is 16.0 Å². The topological polar surface area (TPSA) is 169 Å². The van der Waals surface area contributed by atoms with Crippen molar-refractivity contribution in [3.63, 3.8) is 0 Å². The molecule has 0 saturated heterocycles. The third kappa shape index (κ3) is 5.11. The molecule has 0 unspecified atom stereocenters. The van der Waals surface area contributed by atoms with E-state index in [9.17, 15) is 8.42 Å². The Morgan fingerprint density at radius 2 is 1.65 bits per heavy atom. The van der Waals surface area contributed by atoms with E-state index in [1.54, 1.807) is 38.4 Å². The first kappa shape index (κ1) is 25.7. The van der Waals surface area contributed by atoms with Gasteiger partial charge in [0.25, 0.3) is 0 Å². The number of sulfonamides is 1. The van der Waals surface area contributed by atoms with Gasteiger partial charge in [0.1, 0.15) is 6.33 Å². The summed E-state index contributed by atoms with van der Waals surface area (Å²) in [6, 6.07) is 3.47. The molecule has 0 amide bonds. The lowest BCUT2D eigenvalue weighted by atomic mass is 10.1. The average molecular weight is 528 g/mol. The van der Waals surface area contributed by atoms with E-state index in [0.29, 0.717) is 17.1 Å². The second kappa shape index (κ2) is 10.7. The fourth-order valence-electron chi connectivity index (χ4n) is 3.48. The molecule has 0 spiro atoms. The lowest BCUT2D eigenvalue weighted by Crippen LogP contribution is -2.31. The Balaban J connectivity index is 1.79. The van der Waals surface area contributed by atoms with Gasteiger partial charge >= 0.3 is 0 Å². The molecule has 14 nitrogen and oxygen atoms in total. The summed E-state index contributed by atoms with van der Waals surface area (Å²) in [4.78, 5) is 20.8. The molecular weight excluding hydrogens is 502 g/mol. The quantitative estimate of drug-likeness (QED) is 0.318. The maximum absolute atomic E-state index is 13.5. The summed E-state index contributed by atoms with van der Waals surface area (Å²) >= 11 is 0. The molecule has 0 aliphatic carbocycles. The van der Waals surface area contributed by atoms with Gasteiger partial charge in [0.15, 0.2) is 11.5 Å². The van der Waals surface area contributed by atoms with Gasteiger partial charge in [0, 0.05) is 23.9 Å². The average Bonchev–Trinajstić information content (AvgIpc) is 3.34. The van der Waals surface area contributed by atoms with Crippen molar-refractivity contribution in [2.75, 3.05) is 26.1 Å². The van der Waals surface area contributed by atoms with Gasteiger partial charge in [-0.15, -0.1) is 10.2 Å². The zero-order valence-electron chi connectivity index (χ0n) is 20.7. The van der Waals surface area contributed by atoms with Crippen LogP contribution in [0.4, 0.5) is 5.95 Å². The van der Waals surface area contributed by atoms with E-state index >= 15 is 0 Å². The molecule has 0 bridgehead atoms. The normalized spacial score (nSPS) is 13.0. The summed E-state index contributed by atoms with van der Waals surface area (Å²) in [6.07, 6.45) is 7.35. The van der Waals surface area contributed by atoms with E-state index in [4.69, 9.17) is 14.2 Å². The molecule has 4 aromatic rings. The van der Waals surface area contributed by atoms with E-state index in [-0.39, 0.29) is 29.2 Å². The number of pyridine rings is 1. The molecule has 2 atom stereocenters. The Bertz CT molecular complexity index is 1440. The summed E-state index contributed by atoms with van der Waals surface area (Å²) in [5, 5.41) is 7.42. The van der Waals surface area contributed by atoms with Crippen molar-refractivity contribution in [2.24, 2.45) is 0 Å². The highest BCUT2D eigenvalue weighted by Crippen LogP contribution is 2.35. The predicted molar refractivity (Wildman–Crippen MR) is 132 cm³/mol. The molecule has 4 aromatic heterocycles. The van der Waals surface area contributed by atoms with Crippen LogP contribution in [0.3, 0.4) is 0 Å². The number of methoxy groups -OCH3 is 3. The Kier molecular flexibility index (Phi) is 7.42. The third-order valence-corrected chi connectivity index (χ3v) is 7.55. The summed E-state index contributed by atoms with van der Waals surface area (Å²) in [5.74, 6) is 0.186. The SMILES string of the molecule is COc1cnc([C@@H](C)[C@H](C)S(=O)(=O)Nc2nnc(-c3cccnc3)n2-c2c(OC)ncnc2OC)cn1. The zero-order chi connectivity index (χ0) is 26.6. The van der Waals surface area contributed by atoms with Gasteiger partial charge in [0.2, 0.25) is 33.6 Å². The highest BCUT2D eigenvalue weighted by Gasteiger charge is 2.32. The van der Waals surface area contributed by atoms with Gasteiger partial charge in [0.05, 0.1) is 44.7 Å². The number of nitrogens with one attached hydrogen (secondary N) is 1. The van der Waals surface area contributed by atoms with Gasteiger partial charge in [-0.25, -0.2) is 13.4 Å². The highest BCUT2D eigenvalue weighted by atomic mass is 32.2. The van der Waals surface area contributed by atoms with Crippen LogP contribution in [0, 0.1) is 0 Å². The van der Waals surface area contributed by atoms with Crippen molar-refractivity contribution in [1.82, 2.24) is 39.7 Å². The second-order valence-corrected chi connectivity index (χ2v) is 9.83. The van der Waals surface area contributed by atoms with Crippen molar-refractivity contribution < 1.29 is 22.6 Å². The first-order valence-corrected chi connectivity index (χ1v) is 12.5. The second-order valence-electron chi connectivity index (χ2n) is 7.79. The smallest absolute Gasteiger partial charge is 0.245 e.